The van der Waals surface area contributed by atoms with Crippen LogP contribution >= 0.6 is 0 Å². The Morgan fingerprint density at radius 1 is 0.361 bits per heavy atom. The molecule has 0 amide bonds. The molecule has 0 saturated carbocycles. The third-order valence-corrected chi connectivity index (χ3v) is 14.2. The Balaban J connectivity index is 4.17. The fourth-order valence-corrected chi connectivity index (χ4v) is 9.13. The molecule has 1 N–H and O–H groups in total. The maximum absolute atomic E-state index is 12.9. The zero-order valence-corrected chi connectivity index (χ0v) is 54.1. The van der Waals surface area contributed by atoms with E-state index in [0.29, 0.717) is 23.9 Å². The minimum Gasteiger partial charge on any atom is -0.477 e. The van der Waals surface area contributed by atoms with Crippen LogP contribution in [0.4, 0.5) is 0 Å². The van der Waals surface area contributed by atoms with E-state index >= 15 is 0 Å². The van der Waals surface area contributed by atoms with Crippen LogP contribution in [0.5, 0.6) is 0 Å². The van der Waals surface area contributed by atoms with E-state index in [2.05, 4.69) is 135 Å². The highest BCUT2D eigenvalue weighted by atomic mass is 16.7. The number of carbonyl (C=O) groups is 3. The Labute approximate surface area is 510 Å². The number of esters is 2. The first-order valence-electron chi connectivity index (χ1n) is 33.7. The first-order valence-corrected chi connectivity index (χ1v) is 33.7. The molecule has 9 nitrogen and oxygen atoms in total. The van der Waals surface area contributed by atoms with Crippen LogP contribution in [0.3, 0.4) is 0 Å². The summed E-state index contributed by atoms with van der Waals surface area (Å²) >= 11 is 0. The lowest BCUT2D eigenvalue weighted by atomic mass is 10.0. The molecule has 0 aliphatic heterocycles. The van der Waals surface area contributed by atoms with Crippen molar-refractivity contribution >= 4 is 17.9 Å². The molecule has 0 rings (SSSR count). The summed E-state index contributed by atoms with van der Waals surface area (Å²) in [7, 11) is 5.97. The topological polar surface area (TPSA) is 108 Å². The predicted octanol–water partition coefficient (Wildman–Crippen LogP) is 20.8. The van der Waals surface area contributed by atoms with Crippen molar-refractivity contribution in [2.45, 2.75) is 283 Å². The van der Waals surface area contributed by atoms with E-state index in [0.717, 1.165) is 109 Å². The molecule has 0 aliphatic carbocycles. The highest BCUT2D eigenvalue weighted by molar-refractivity contribution is 5.71. The number of ether oxygens (including phenoxy) is 4. The average molecular weight is 1160 g/mol. The second kappa shape index (κ2) is 63.7. The monoisotopic (exact) mass is 1160 g/mol. The number of hydrogen-bond acceptors (Lipinski definition) is 7. The number of hydrogen-bond donors (Lipinski definition) is 1. The average Bonchev–Trinajstić information content (AvgIpc) is 3.46. The maximum Gasteiger partial charge on any atom is 0.361 e. The van der Waals surface area contributed by atoms with Crippen molar-refractivity contribution < 1.29 is 42.9 Å². The summed E-state index contributed by atoms with van der Waals surface area (Å²) in [6.07, 6.45) is 87.2. The highest BCUT2D eigenvalue weighted by Gasteiger charge is 2.25. The van der Waals surface area contributed by atoms with Gasteiger partial charge in [0.25, 0.3) is 6.29 Å². The number of likely N-dealkylation sites (N-methyl/N-ethyl adjacent to an activating group) is 1. The number of nitrogens with zero attached hydrogens (tertiary/aromatic N) is 1. The number of carboxylic acid groups (broad SMARTS) is 1. The van der Waals surface area contributed by atoms with Gasteiger partial charge in [-0.2, -0.15) is 0 Å². The van der Waals surface area contributed by atoms with Crippen molar-refractivity contribution in [1.29, 1.82) is 0 Å². The Morgan fingerprint density at radius 2 is 0.651 bits per heavy atom. The van der Waals surface area contributed by atoms with Gasteiger partial charge in [0.1, 0.15) is 13.2 Å². The van der Waals surface area contributed by atoms with Crippen LogP contribution in [-0.4, -0.2) is 87.4 Å². The van der Waals surface area contributed by atoms with Crippen molar-refractivity contribution in [2.75, 3.05) is 47.5 Å². The van der Waals surface area contributed by atoms with E-state index < -0.39 is 24.3 Å². The minimum absolute atomic E-state index is 0.182. The van der Waals surface area contributed by atoms with E-state index in [1.54, 1.807) is 0 Å². The van der Waals surface area contributed by atoms with E-state index in [4.69, 9.17) is 18.9 Å². The van der Waals surface area contributed by atoms with Crippen LogP contribution in [0.2, 0.25) is 0 Å². The largest absolute Gasteiger partial charge is 0.477 e. The van der Waals surface area contributed by atoms with Crippen LogP contribution in [0.1, 0.15) is 271 Å². The van der Waals surface area contributed by atoms with Crippen molar-refractivity contribution in [2.24, 2.45) is 0 Å². The third kappa shape index (κ3) is 65.1. The quantitative estimate of drug-likeness (QED) is 0.0211. The summed E-state index contributed by atoms with van der Waals surface area (Å²) in [6, 6.07) is 0. The summed E-state index contributed by atoms with van der Waals surface area (Å²) in [5.41, 5.74) is 0. The van der Waals surface area contributed by atoms with Gasteiger partial charge in [-0.05, 0) is 103 Å². The first kappa shape index (κ1) is 78.7. The van der Waals surface area contributed by atoms with Crippen molar-refractivity contribution in [1.82, 2.24) is 0 Å². The van der Waals surface area contributed by atoms with E-state index in [9.17, 15) is 19.5 Å². The molecule has 9 heteroatoms. The number of unbranched alkanes of at least 4 members (excludes halogenated alkanes) is 26. The minimum atomic E-state index is -1.52. The van der Waals surface area contributed by atoms with Gasteiger partial charge >= 0.3 is 17.9 Å². The highest BCUT2D eigenvalue weighted by Crippen LogP contribution is 2.17. The van der Waals surface area contributed by atoms with E-state index in [1.807, 2.05) is 21.1 Å². The first-order chi connectivity index (χ1) is 40.6. The van der Waals surface area contributed by atoms with Crippen molar-refractivity contribution in [3.05, 3.63) is 122 Å². The molecule has 2 unspecified atom stereocenters. The SMILES string of the molecule is CC/C=C\C/C=C\C/C=C\C/C=C\C/C=C\C/C=C\CCCCCCCCCCCCC(=O)OC(COC(=O)CCCCCCCCCCCCCCCCCC/C=C\C/C=C\C/C=C\C/C=C\CC)COC(OCC[N+](C)(C)C)C(=O)O. The lowest BCUT2D eigenvalue weighted by molar-refractivity contribution is -0.870. The molecule has 83 heavy (non-hydrogen) atoms. The van der Waals surface area contributed by atoms with Crippen molar-refractivity contribution in [3.8, 4) is 0 Å². The summed E-state index contributed by atoms with van der Waals surface area (Å²) in [6.45, 7) is 4.66. The molecule has 0 saturated heterocycles. The van der Waals surface area contributed by atoms with Crippen LogP contribution < -0.4 is 0 Å². The molecular formula is C74H126NO8+. The van der Waals surface area contributed by atoms with Gasteiger partial charge in [0.15, 0.2) is 6.10 Å². The van der Waals surface area contributed by atoms with Gasteiger partial charge in [-0.3, -0.25) is 9.59 Å². The number of allylic oxidation sites excluding steroid dienone is 20. The molecular weight excluding hydrogens is 1030 g/mol. The number of rotatable bonds is 61. The Morgan fingerprint density at radius 3 is 0.964 bits per heavy atom. The van der Waals surface area contributed by atoms with Gasteiger partial charge in [-0.25, -0.2) is 4.79 Å². The lowest BCUT2D eigenvalue weighted by Crippen LogP contribution is -2.40. The van der Waals surface area contributed by atoms with Gasteiger partial charge in [0.2, 0.25) is 0 Å². The third-order valence-electron chi connectivity index (χ3n) is 14.2. The zero-order chi connectivity index (χ0) is 60.5. The Kier molecular flexibility index (Phi) is 60.4. The van der Waals surface area contributed by atoms with Gasteiger partial charge < -0.3 is 28.5 Å². The van der Waals surface area contributed by atoms with E-state index in [-0.39, 0.29) is 32.2 Å². The lowest BCUT2D eigenvalue weighted by Gasteiger charge is -2.25. The Hall–Kier alpha value is -4.31. The summed E-state index contributed by atoms with van der Waals surface area (Å²) in [4.78, 5) is 37.6. The zero-order valence-electron chi connectivity index (χ0n) is 54.1. The molecule has 0 radical (unpaired) electrons. The molecule has 0 fully saturated rings. The van der Waals surface area contributed by atoms with Crippen LogP contribution in [0.15, 0.2) is 122 Å². The van der Waals surface area contributed by atoms with Gasteiger partial charge in [-0.1, -0.05) is 277 Å². The number of quaternary nitrogens is 1. The molecule has 0 spiro atoms. The number of carbonyl (C=O) groups excluding carboxylic acids is 2. The molecule has 0 aromatic rings. The molecule has 474 valence electrons. The summed E-state index contributed by atoms with van der Waals surface area (Å²) in [5.74, 6) is -2.01. The molecule has 0 aliphatic rings. The molecule has 0 aromatic carbocycles. The van der Waals surface area contributed by atoms with Crippen LogP contribution in [0.25, 0.3) is 0 Å². The molecule has 2 atom stereocenters. The fraction of sp³-hybridized carbons (Fsp3) is 0.689. The molecule has 0 bridgehead atoms. The van der Waals surface area contributed by atoms with Crippen LogP contribution in [0, 0.1) is 0 Å². The van der Waals surface area contributed by atoms with Gasteiger partial charge in [0, 0.05) is 12.8 Å². The predicted molar refractivity (Wildman–Crippen MR) is 354 cm³/mol. The van der Waals surface area contributed by atoms with Crippen molar-refractivity contribution in [3.63, 3.8) is 0 Å². The van der Waals surface area contributed by atoms with E-state index in [1.165, 1.54) is 128 Å². The number of aliphatic carboxylic acids is 1. The standard InChI is InChI=1S/C74H125NO8/c1-6-8-10-12-14-16-18-20-22-24-26-28-30-32-34-36-38-40-42-44-46-48-50-52-54-56-58-60-62-64-71(76)81-68-70(69-82-74(73(78)79)80-67-66-75(3,4)5)83-72(77)65-63-61-59-57-55-53-51-49-47-45-43-41-39-37-35-33-31-29-27-25-23-21-19-17-15-13-11-9-7-2/h8-11,14-17,20-23,26-29,33,35,39,41,70,74H,6-7,12-13,18-19,24-25,30-32,34,36-38,40,42-69H2,1-5H3/p+1/b10-8-,11-9-,16-14-,17-15-,22-20-,23-21-,28-26-,29-27-,35-33-,41-39-. The number of carboxylic acids is 1. The molecule has 0 aromatic heterocycles. The molecule has 0 heterocycles. The van der Waals surface area contributed by atoms with Gasteiger partial charge in [-0.15, -0.1) is 0 Å². The second-order valence-corrected chi connectivity index (χ2v) is 23.4. The summed E-state index contributed by atoms with van der Waals surface area (Å²) < 4.78 is 23.0. The Bertz CT molecular complexity index is 1780. The smallest absolute Gasteiger partial charge is 0.361 e. The fourth-order valence-electron chi connectivity index (χ4n) is 9.13. The van der Waals surface area contributed by atoms with Gasteiger partial charge in [0.05, 0.1) is 34.4 Å². The normalized spacial score (nSPS) is 13.5. The maximum atomic E-state index is 12.9. The van der Waals surface area contributed by atoms with Crippen LogP contribution in [-0.2, 0) is 33.3 Å². The summed E-state index contributed by atoms with van der Waals surface area (Å²) in [5, 5.41) is 9.74. The second-order valence-electron chi connectivity index (χ2n) is 23.4.